The number of β-lactam (4-membered cyclic amide) rings is 1. The van der Waals surface area contributed by atoms with Crippen LogP contribution in [0.2, 0.25) is 0 Å². The summed E-state index contributed by atoms with van der Waals surface area (Å²) in [6, 6.07) is -0.657. The molecule has 1 aromatic heterocycles. The van der Waals surface area contributed by atoms with Crippen LogP contribution in [0, 0.1) is 0 Å². The molecule has 1 unspecified atom stereocenters. The van der Waals surface area contributed by atoms with Crippen LogP contribution in [0.25, 0.3) is 0 Å². The number of thioether (sulfide) groups is 2. The number of amides is 1. The summed E-state index contributed by atoms with van der Waals surface area (Å²) in [5.41, 5.74) is 6.30. The molecule has 1 fully saturated rings. The van der Waals surface area contributed by atoms with Gasteiger partial charge >= 0.3 is 5.97 Å². The summed E-state index contributed by atoms with van der Waals surface area (Å²) in [5.74, 6) is -0.925. The van der Waals surface area contributed by atoms with Crippen molar-refractivity contribution in [2.45, 2.75) is 21.5 Å². The molecule has 1 amide bonds. The maximum absolute atomic E-state index is 11.9. The Bertz CT molecular complexity index is 865. The fourth-order valence-corrected chi connectivity index (χ4v) is 6.93. The van der Waals surface area contributed by atoms with Gasteiger partial charge in [-0.15, -0.1) is 22.0 Å². The number of rotatable bonds is 6. The number of nitrogens with two attached hydrogens (primary N) is 1. The minimum absolute atomic E-state index is 0.0103. The third kappa shape index (κ3) is 3.84. The van der Waals surface area contributed by atoms with Gasteiger partial charge in [0.2, 0.25) is 5.91 Å². The molecule has 0 saturated carbocycles. The van der Waals surface area contributed by atoms with Crippen molar-refractivity contribution in [1.82, 2.24) is 15.1 Å². The molecule has 0 spiro atoms. The van der Waals surface area contributed by atoms with Crippen LogP contribution in [-0.2, 0) is 25.2 Å². The SMILES string of the molecule is CS(=O)(=O)Cc1nnc(SCC2=C(C(=O)O)N3C(=O)C(N)[C@@H]3SC2)s1. The van der Waals surface area contributed by atoms with E-state index in [0.717, 1.165) is 17.6 Å². The lowest BCUT2D eigenvalue weighted by Gasteiger charge is -2.48. The Kier molecular flexibility index (Phi) is 5.12. The van der Waals surface area contributed by atoms with Crippen LogP contribution < -0.4 is 5.73 Å². The van der Waals surface area contributed by atoms with Gasteiger partial charge in [-0.05, 0) is 5.57 Å². The van der Waals surface area contributed by atoms with Crippen molar-refractivity contribution in [2.75, 3.05) is 17.8 Å². The summed E-state index contributed by atoms with van der Waals surface area (Å²) in [6.45, 7) is 0. The lowest BCUT2D eigenvalue weighted by Crippen LogP contribution is -2.68. The van der Waals surface area contributed by atoms with Crippen LogP contribution in [-0.4, -0.2) is 69.7 Å². The van der Waals surface area contributed by atoms with E-state index >= 15 is 0 Å². The van der Waals surface area contributed by atoms with Gasteiger partial charge < -0.3 is 10.8 Å². The maximum atomic E-state index is 11.9. The average Bonchev–Trinajstić information content (AvgIpc) is 2.96. The first-order chi connectivity index (χ1) is 11.7. The second-order valence-corrected chi connectivity index (χ2v) is 11.0. The molecule has 9 nitrogen and oxygen atoms in total. The first kappa shape index (κ1) is 18.6. The fraction of sp³-hybridized carbons (Fsp3) is 0.500. The van der Waals surface area contributed by atoms with Crippen molar-refractivity contribution in [2.24, 2.45) is 5.73 Å². The number of hydrogen-bond donors (Lipinski definition) is 2. The molecule has 1 aromatic rings. The van der Waals surface area contributed by atoms with E-state index in [-0.39, 0.29) is 22.7 Å². The van der Waals surface area contributed by atoms with Crippen molar-refractivity contribution in [3.8, 4) is 0 Å². The summed E-state index contributed by atoms with van der Waals surface area (Å²) in [7, 11) is -3.18. The zero-order valence-electron chi connectivity index (χ0n) is 12.9. The summed E-state index contributed by atoms with van der Waals surface area (Å²) in [6.07, 6.45) is 1.12. The molecule has 2 atom stereocenters. The van der Waals surface area contributed by atoms with Gasteiger partial charge in [0, 0.05) is 17.8 Å². The van der Waals surface area contributed by atoms with Crippen LogP contribution in [0.15, 0.2) is 15.6 Å². The zero-order chi connectivity index (χ0) is 18.4. The standard InChI is InChI=1S/C12H14N4O5S4/c1-25(20,21)4-6-14-15-12(24-6)23-3-5-2-22-10-7(13)9(17)16(10)8(5)11(18)19/h7,10H,2-4,13H2,1H3,(H,18,19)/t7?,10-/m0/s1. The van der Waals surface area contributed by atoms with Crippen LogP contribution in [0.1, 0.15) is 5.01 Å². The maximum Gasteiger partial charge on any atom is 0.352 e. The second-order valence-electron chi connectivity index (χ2n) is 5.51. The number of fused-ring (bicyclic) bond motifs is 1. The highest BCUT2D eigenvalue weighted by molar-refractivity contribution is 8.01. The molecule has 0 aliphatic carbocycles. The van der Waals surface area contributed by atoms with Gasteiger partial charge in [-0.2, -0.15) is 0 Å². The third-order valence-electron chi connectivity index (χ3n) is 3.49. The minimum Gasteiger partial charge on any atom is -0.477 e. The van der Waals surface area contributed by atoms with Gasteiger partial charge in [0.25, 0.3) is 0 Å². The molecule has 3 rings (SSSR count). The summed E-state index contributed by atoms with van der Waals surface area (Å²) >= 11 is 3.86. The molecule has 3 N–H and O–H groups in total. The summed E-state index contributed by atoms with van der Waals surface area (Å²) in [5, 5.41) is 17.3. The highest BCUT2D eigenvalue weighted by Gasteiger charge is 2.51. The lowest BCUT2D eigenvalue weighted by atomic mass is 10.0. The van der Waals surface area contributed by atoms with E-state index in [2.05, 4.69) is 10.2 Å². The summed E-state index contributed by atoms with van der Waals surface area (Å²) < 4.78 is 23.1. The number of carboxylic acids is 1. The lowest BCUT2D eigenvalue weighted by molar-refractivity contribution is -0.147. The number of nitrogens with zero attached hydrogens (tertiary/aromatic N) is 3. The largest absolute Gasteiger partial charge is 0.477 e. The molecular weight excluding hydrogens is 408 g/mol. The molecule has 136 valence electrons. The highest BCUT2D eigenvalue weighted by Crippen LogP contribution is 2.40. The molecular formula is C12H14N4O5S4. The number of aromatic nitrogens is 2. The van der Waals surface area contributed by atoms with Crippen LogP contribution >= 0.6 is 34.9 Å². The number of carbonyl (C=O) groups is 2. The first-order valence-corrected chi connectivity index (χ1v) is 11.9. The van der Waals surface area contributed by atoms with Gasteiger partial charge in [0.1, 0.15) is 27.9 Å². The Morgan fingerprint density at radius 1 is 1.48 bits per heavy atom. The Balaban J connectivity index is 1.73. The number of sulfone groups is 1. The topological polar surface area (TPSA) is 144 Å². The Labute approximate surface area is 156 Å². The number of carbonyl (C=O) groups excluding carboxylic acids is 1. The fourth-order valence-electron chi connectivity index (χ4n) is 2.42. The molecule has 1 saturated heterocycles. The number of carboxylic acid groups (broad SMARTS) is 1. The van der Waals surface area contributed by atoms with Gasteiger partial charge in [0.05, 0.1) is 0 Å². The molecule has 25 heavy (non-hydrogen) atoms. The van der Waals surface area contributed by atoms with Crippen molar-refractivity contribution in [1.29, 1.82) is 0 Å². The monoisotopic (exact) mass is 422 g/mol. The van der Waals surface area contributed by atoms with Crippen molar-refractivity contribution >= 4 is 56.6 Å². The molecule has 13 heteroatoms. The van der Waals surface area contributed by atoms with E-state index in [4.69, 9.17) is 5.73 Å². The molecule has 0 radical (unpaired) electrons. The van der Waals surface area contributed by atoms with Gasteiger partial charge in [-0.3, -0.25) is 9.69 Å². The summed E-state index contributed by atoms with van der Waals surface area (Å²) in [4.78, 5) is 24.7. The quantitative estimate of drug-likeness (QED) is 0.465. The van der Waals surface area contributed by atoms with E-state index in [9.17, 15) is 23.1 Å². The molecule has 2 aliphatic rings. The van der Waals surface area contributed by atoms with Gasteiger partial charge in [0.15, 0.2) is 14.2 Å². The Hall–Kier alpha value is -1.15. The molecule has 0 bridgehead atoms. The smallest absolute Gasteiger partial charge is 0.352 e. The third-order valence-corrected chi connectivity index (χ3v) is 7.98. The predicted molar refractivity (Wildman–Crippen MR) is 94.9 cm³/mol. The van der Waals surface area contributed by atoms with Gasteiger partial charge in [-0.1, -0.05) is 23.1 Å². The van der Waals surface area contributed by atoms with Crippen molar-refractivity contribution < 1.29 is 23.1 Å². The van der Waals surface area contributed by atoms with E-state index < -0.39 is 21.8 Å². The number of aliphatic carboxylic acids is 1. The van der Waals surface area contributed by atoms with E-state index in [0.29, 0.717) is 26.4 Å². The van der Waals surface area contributed by atoms with Crippen LogP contribution in [0.4, 0.5) is 0 Å². The predicted octanol–water partition coefficient (Wildman–Crippen LogP) is -0.244. The zero-order valence-corrected chi connectivity index (χ0v) is 16.2. The van der Waals surface area contributed by atoms with Crippen LogP contribution in [0.5, 0.6) is 0 Å². The van der Waals surface area contributed by atoms with Crippen molar-refractivity contribution in [3.63, 3.8) is 0 Å². The normalized spacial score (nSPS) is 23.4. The highest BCUT2D eigenvalue weighted by atomic mass is 32.2. The molecule has 2 aliphatic heterocycles. The van der Waals surface area contributed by atoms with E-state index in [1.54, 1.807) is 0 Å². The Morgan fingerprint density at radius 2 is 2.20 bits per heavy atom. The van der Waals surface area contributed by atoms with E-state index in [1.165, 1.54) is 28.4 Å². The van der Waals surface area contributed by atoms with Crippen LogP contribution in [0.3, 0.4) is 0 Å². The van der Waals surface area contributed by atoms with Gasteiger partial charge in [-0.25, -0.2) is 13.2 Å². The van der Waals surface area contributed by atoms with E-state index in [1.807, 2.05) is 0 Å². The number of hydrogen-bond acceptors (Lipinski definition) is 10. The second kappa shape index (κ2) is 6.87. The Morgan fingerprint density at radius 3 is 2.84 bits per heavy atom. The van der Waals surface area contributed by atoms with Crippen molar-refractivity contribution in [3.05, 3.63) is 16.3 Å². The average molecular weight is 423 g/mol. The first-order valence-electron chi connectivity index (χ1n) is 6.96. The molecule has 3 heterocycles. The molecule has 0 aromatic carbocycles. The minimum atomic E-state index is -3.18.